The molecule has 3 rings (SSSR count). The summed E-state index contributed by atoms with van der Waals surface area (Å²) in [7, 11) is -0.563. The summed E-state index contributed by atoms with van der Waals surface area (Å²) >= 11 is 3.54. The van der Waals surface area contributed by atoms with Gasteiger partial charge in [0.1, 0.15) is 23.7 Å². The summed E-state index contributed by atoms with van der Waals surface area (Å²) < 4.78 is 50.4. The average molecular weight is 542 g/mol. The molecule has 1 unspecified atom stereocenters. The highest BCUT2D eigenvalue weighted by Crippen LogP contribution is 2.46. The summed E-state index contributed by atoms with van der Waals surface area (Å²) in [5.41, 5.74) is 2.16. The van der Waals surface area contributed by atoms with Crippen LogP contribution in [-0.4, -0.2) is 34.9 Å². The lowest BCUT2D eigenvalue weighted by Gasteiger charge is -2.26. The molecular weight excluding hydrogens is 514 g/mol. The van der Waals surface area contributed by atoms with Crippen molar-refractivity contribution in [1.82, 2.24) is 4.72 Å². The van der Waals surface area contributed by atoms with E-state index in [2.05, 4.69) is 20.7 Å². The first-order valence-corrected chi connectivity index (χ1v) is 13.0. The zero-order valence-electron chi connectivity index (χ0n) is 19.4. The lowest BCUT2D eigenvalue weighted by Crippen LogP contribution is -2.29. The predicted octanol–water partition coefficient (Wildman–Crippen LogP) is 4.87. The maximum absolute atomic E-state index is 13.1. The third-order valence-corrected chi connectivity index (χ3v) is 7.05. The maximum Gasteiger partial charge on any atom is 0.346 e. The normalized spacial score (nSPS) is 14.4. The number of hydrogen-bond donors (Lipinski definition) is 1. The SMILES string of the molecule is COc1cc(C)c(Br)c2c1Oc1ccc(C(CC(C)C)NS(C)(=O)=O)c(OC)c1C(=O)OC2. The van der Waals surface area contributed by atoms with Crippen molar-refractivity contribution in [3.63, 3.8) is 0 Å². The molecule has 0 radical (unpaired) electrons. The van der Waals surface area contributed by atoms with Crippen molar-refractivity contribution in [2.45, 2.75) is 39.8 Å². The van der Waals surface area contributed by atoms with Gasteiger partial charge in [0.15, 0.2) is 11.5 Å². The second kappa shape index (κ2) is 9.90. The molecular formula is C23H28BrNO7S. The van der Waals surface area contributed by atoms with Crippen molar-refractivity contribution in [1.29, 1.82) is 0 Å². The zero-order chi connectivity index (χ0) is 24.5. The van der Waals surface area contributed by atoms with Crippen LogP contribution < -0.4 is 18.9 Å². The summed E-state index contributed by atoms with van der Waals surface area (Å²) in [5, 5.41) is 0. The first-order valence-electron chi connectivity index (χ1n) is 10.4. The monoisotopic (exact) mass is 541 g/mol. The standard InChI is InChI=1S/C23H28BrNO7S/c1-12(2)9-16(25-33(6,27)28)14-7-8-17-19(22(14)30-5)23(26)31-11-15-20(24)13(3)10-18(29-4)21(15)32-17/h7-8,10,12,16,25H,9,11H2,1-6H3. The molecule has 8 nitrogen and oxygen atoms in total. The second-order valence-corrected chi connectivity index (χ2v) is 10.9. The Kier molecular flexibility index (Phi) is 7.60. The number of benzene rings is 2. The third-order valence-electron chi connectivity index (χ3n) is 5.23. The third kappa shape index (κ3) is 5.44. The molecule has 0 fully saturated rings. The fourth-order valence-electron chi connectivity index (χ4n) is 3.85. The molecule has 180 valence electrons. The number of sulfonamides is 1. The molecule has 1 heterocycles. The zero-order valence-corrected chi connectivity index (χ0v) is 21.8. The van der Waals surface area contributed by atoms with Crippen molar-refractivity contribution in [3.8, 4) is 23.0 Å². The van der Waals surface area contributed by atoms with Crippen molar-refractivity contribution in [2.75, 3.05) is 20.5 Å². The molecule has 2 aromatic carbocycles. The Morgan fingerprint density at radius 3 is 2.48 bits per heavy atom. The molecule has 1 aliphatic heterocycles. The van der Waals surface area contributed by atoms with E-state index in [0.29, 0.717) is 29.0 Å². The van der Waals surface area contributed by atoms with Gasteiger partial charge in [0, 0.05) is 10.0 Å². The van der Waals surface area contributed by atoms with Crippen LogP contribution in [-0.2, 0) is 21.4 Å². The first kappa shape index (κ1) is 25.3. The quantitative estimate of drug-likeness (QED) is 0.498. The molecule has 0 aliphatic carbocycles. The number of halogens is 1. The highest BCUT2D eigenvalue weighted by molar-refractivity contribution is 9.10. The van der Waals surface area contributed by atoms with E-state index >= 15 is 0 Å². The van der Waals surface area contributed by atoms with E-state index in [1.54, 1.807) is 12.1 Å². The molecule has 2 aromatic rings. The summed E-state index contributed by atoms with van der Waals surface area (Å²) in [6.45, 7) is 5.83. The largest absolute Gasteiger partial charge is 0.495 e. The number of esters is 1. The van der Waals surface area contributed by atoms with Crippen LogP contribution in [0, 0.1) is 12.8 Å². The molecule has 0 amide bonds. The van der Waals surface area contributed by atoms with Crippen LogP contribution in [0.1, 0.15) is 53.4 Å². The van der Waals surface area contributed by atoms with Crippen LogP contribution in [0.25, 0.3) is 0 Å². The number of carbonyl (C=O) groups excluding carboxylic acids is 1. The van der Waals surface area contributed by atoms with E-state index < -0.39 is 22.0 Å². The Morgan fingerprint density at radius 1 is 1.21 bits per heavy atom. The van der Waals surface area contributed by atoms with Crippen molar-refractivity contribution in [2.24, 2.45) is 5.92 Å². The number of nitrogens with one attached hydrogen (secondary N) is 1. The van der Waals surface area contributed by atoms with Gasteiger partial charge in [-0.15, -0.1) is 0 Å². The van der Waals surface area contributed by atoms with E-state index in [1.807, 2.05) is 26.8 Å². The number of aryl methyl sites for hydroxylation is 1. The topological polar surface area (TPSA) is 100 Å². The summed E-state index contributed by atoms with van der Waals surface area (Å²) in [6, 6.07) is 4.55. The van der Waals surface area contributed by atoms with Gasteiger partial charge in [0.05, 0.1) is 32.1 Å². The van der Waals surface area contributed by atoms with Gasteiger partial charge >= 0.3 is 5.97 Å². The van der Waals surface area contributed by atoms with Gasteiger partial charge in [0.25, 0.3) is 0 Å². The maximum atomic E-state index is 13.1. The number of ether oxygens (including phenoxy) is 4. The molecule has 0 bridgehead atoms. The van der Waals surface area contributed by atoms with Crippen molar-refractivity contribution in [3.05, 3.63) is 44.9 Å². The highest BCUT2D eigenvalue weighted by atomic mass is 79.9. The van der Waals surface area contributed by atoms with Crippen LogP contribution >= 0.6 is 15.9 Å². The van der Waals surface area contributed by atoms with Gasteiger partial charge in [-0.2, -0.15) is 0 Å². The van der Waals surface area contributed by atoms with Crippen molar-refractivity contribution >= 4 is 31.9 Å². The van der Waals surface area contributed by atoms with Crippen LogP contribution in [0.5, 0.6) is 23.0 Å². The Morgan fingerprint density at radius 2 is 1.91 bits per heavy atom. The fraction of sp³-hybridized carbons (Fsp3) is 0.435. The van der Waals surface area contributed by atoms with E-state index in [-0.39, 0.29) is 29.6 Å². The molecule has 1 N–H and O–H groups in total. The van der Waals surface area contributed by atoms with Gasteiger partial charge in [-0.3, -0.25) is 0 Å². The highest BCUT2D eigenvalue weighted by Gasteiger charge is 2.32. The van der Waals surface area contributed by atoms with Gasteiger partial charge in [-0.25, -0.2) is 17.9 Å². The number of fused-ring (bicyclic) bond motifs is 2. The van der Waals surface area contributed by atoms with Crippen LogP contribution in [0.4, 0.5) is 0 Å². The van der Waals surface area contributed by atoms with E-state index in [1.165, 1.54) is 14.2 Å². The molecule has 10 heteroatoms. The van der Waals surface area contributed by atoms with Gasteiger partial charge < -0.3 is 18.9 Å². The number of hydrogen-bond acceptors (Lipinski definition) is 7. The van der Waals surface area contributed by atoms with Gasteiger partial charge in [-0.1, -0.05) is 13.8 Å². The lowest BCUT2D eigenvalue weighted by atomic mass is 9.94. The minimum atomic E-state index is -3.52. The van der Waals surface area contributed by atoms with Crippen LogP contribution in [0.15, 0.2) is 22.7 Å². The summed E-state index contributed by atoms with van der Waals surface area (Å²) in [5.74, 6) is 0.881. The number of cyclic esters (lactones) is 1. The first-order chi connectivity index (χ1) is 15.5. The molecule has 33 heavy (non-hydrogen) atoms. The number of rotatable bonds is 7. The molecule has 1 atom stereocenters. The van der Waals surface area contributed by atoms with Gasteiger partial charge in [0.2, 0.25) is 10.0 Å². The summed E-state index contributed by atoms with van der Waals surface area (Å²) in [4.78, 5) is 13.1. The van der Waals surface area contributed by atoms with E-state index in [9.17, 15) is 13.2 Å². The second-order valence-electron chi connectivity index (χ2n) is 8.33. The Balaban J connectivity index is 2.21. The minimum Gasteiger partial charge on any atom is -0.495 e. The minimum absolute atomic E-state index is 0.0450. The fourth-order valence-corrected chi connectivity index (χ4v) is 4.99. The average Bonchev–Trinajstić information content (AvgIpc) is 2.72. The van der Waals surface area contributed by atoms with Crippen LogP contribution in [0.2, 0.25) is 0 Å². The number of methoxy groups -OCH3 is 2. The summed E-state index contributed by atoms with van der Waals surface area (Å²) in [6.07, 6.45) is 1.60. The molecule has 0 spiro atoms. The predicted molar refractivity (Wildman–Crippen MR) is 128 cm³/mol. The van der Waals surface area contributed by atoms with Crippen molar-refractivity contribution < 1.29 is 32.2 Å². The van der Waals surface area contributed by atoms with E-state index in [4.69, 9.17) is 18.9 Å². The molecule has 0 saturated heterocycles. The Bertz CT molecular complexity index is 1180. The Labute approximate surface area is 202 Å². The Hall–Kier alpha value is -2.30. The van der Waals surface area contributed by atoms with Crippen LogP contribution in [0.3, 0.4) is 0 Å². The number of carbonyl (C=O) groups is 1. The smallest absolute Gasteiger partial charge is 0.346 e. The van der Waals surface area contributed by atoms with Gasteiger partial charge in [-0.05, 0) is 59.0 Å². The molecule has 0 saturated carbocycles. The lowest BCUT2D eigenvalue weighted by molar-refractivity contribution is 0.0453. The van der Waals surface area contributed by atoms with E-state index in [0.717, 1.165) is 16.3 Å². The molecule has 0 aromatic heterocycles. The molecule has 1 aliphatic rings.